The minimum absolute atomic E-state index is 0.379. The van der Waals surface area contributed by atoms with Gasteiger partial charge in [0, 0.05) is 26.7 Å². The van der Waals surface area contributed by atoms with Crippen molar-refractivity contribution in [2.45, 2.75) is 32.8 Å². The fraction of sp³-hybridized carbons (Fsp3) is 0.692. The van der Waals surface area contributed by atoms with Crippen molar-refractivity contribution >= 4 is 23.0 Å². The van der Waals surface area contributed by atoms with Crippen LogP contribution in [-0.2, 0) is 11.8 Å². The van der Waals surface area contributed by atoms with Crippen LogP contribution in [0.3, 0.4) is 0 Å². The average molecular weight is 282 g/mol. The molecule has 0 atom stereocenters. The van der Waals surface area contributed by atoms with E-state index >= 15 is 0 Å². The molecule has 19 heavy (non-hydrogen) atoms. The van der Waals surface area contributed by atoms with Crippen LogP contribution < -0.4 is 10.6 Å². The number of nitrogens with zero attached hydrogens (tertiary/aromatic N) is 3. The normalized spacial score (nSPS) is 16.9. The van der Waals surface area contributed by atoms with E-state index in [1.807, 2.05) is 25.6 Å². The zero-order valence-electron chi connectivity index (χ0n) is 11.8. The fourth-order valence-electron chi connectivity index (χ4n) is 2.77. The molecule has 1 fully saturated rings. The lowest BCUT2D eigenvalue weighted by Gasteiger charge is -2.33. The van der Waals surface area contributed by atoms with E-state index in [-0.39, 0.29) is 0 Å². The van der Waals surface area contributed by atoms with Crippen molar-refractivity contribution in [1.82, 2.24) is 9.78 Å². The second-order valence-corrected chi connectivity index (χ2v) is 5.35. The third kappa shape index (κ3) is 2.90. The Balaban J connectivity index is 2.17. The molecule has 2 heterocycles. The molecule has 0 unspecified atom stereocenters. The zero-order valence-corrected chi connectivity index (χ0v) is 12.7. The molecule has 0 amide bonds. The summed E-state index contributed by atoms with van der Waals surface area (Å²) in [5.41, 5.74) is 7.65. The summed E-state index contributed by atoms with van der Waals surface area (Å²) < 4.78 is 7.56. The SMILES string of the molecule is CCOC1CCN(c2c(C(N)=S)c(C)nn2C)CC1. The number of piperidine rings is 1. The van der Waals surface area contributed by atoms with Crippen LogP contribution in [0, 0.1) is 6.92 Å². The van der Waals surface area contributed by atoms with Gasteiger partial charge in [-0.05, 0) is 26.7 Å². The number of hydrogen-bond donors (Lipinski definition) is 1. The van der Waals surface area contributed by atoms with Crippen molar-refractivity contribution in [2.75, 3.05) is 24.6 Å². The average Bonchev–Trinajstić information content (AvgIpc) is 2.66. The molecule has 5 nitrogen and oxygen atoms in total. The zero-order chi connectivity index (χ0) is 14.0. The molecule has 0 saturated carbocycles. The minimum atomic E-state index is 0.379. The Morgan fingerprint density at radius 3 is 2.63 bits per heavy atom. The van der Waals surface area contributed by atoms with Crippen LogP contribution in [0.1, 0.15) is 31.0 Å². The first-order valence-electron chi connectivity index (χ1n) is 6.74. The summed E-state index contributed by atoms with van der Waals surface area (Å²) in [6, 6.07) is 0. The van der Waals surface area contributed by atoms with Crippen molar-refractivity contribution in [3.63, 3.8) is 0 Å². The Bertz CT molecular complexity index is 463. The third-order valence-corrected chi connectivity index (χ3v) is 3.79. The van der Waals surface area contributed by atoms with Gasteiger partial charge in [-0.1, -0.05) is 12.2 Å². The summed E-state index contributed by atoms with van der Waals surface area (Å²) in [5.74, 6) is 1.04. The molecule has 6 heteroatoms. The van der Waals surface area contributed by atoms with Gasteiger partial charge >= 0.3 is 0 Å². The highest BCUT2D eigenvalue weighted by molar-refractivity contribution is 7.80. The topological polar surface area (TPSA) is 56.3 Å². The Hall–Kier alpha value is -1.14. The molecule has 1 aliphatic heterocycles. The van der Waals surface area contributed by atoms with E-state index in [1.54, 1.807) is 0 Å². The number of aryl methyl sites for hydroxylation is 2. The van der Waals surface area contributed by atoms with E-state index in [0.29, 0.717) is 11.1 Å². The van der Waals surface area contributed by atoms with E-state index in [1.165, 1.54) is 0 Å². The highest BCUT2D eigenvalue weighted by atomic mass is 32.1. The second-order valence-electron chi connectivity index (χ2n) is 4.91. The Morgan fingerprint density at radius 1 is 1.47 bits per heavy atom. The lowest BCUT2D eigenvalue weighted by molar-refractivity contribution is 0.0457. The molecule has 1 aromatic heterocycles. The summed E-state index contributed by atoms with van der Waals surface area (Å²) in [6.45, 7) is 6.69. The first-order valence-corrected chi connectivity index (χ1v) is 7.15. The third-order valence-electron chi connectivity index (χ3n) is 3.58. The second kappa shape index (κ2) is 5.88. The van der Waals surface area contributed by atoms with Crippen LogP contribution in [0.25, 0.3) is 0 Å². The van der Waals surface area contributed by atoms with Gasteiger partial charge in [0.2, 0.25) is 0 Å². The van der Waals surface area contributed by atoms with Crippen LogP contribution in [-0.4, -0.2) is 40.6 Å². The quantitative estimate of drug-likeness (QED) is 0.845. The first kappa shape index (κ1) is 14.3. The van der Waals surface area contributed by atoms with E-state index < -0.39 is 0 Å². The van der Waals surface area contributed by atoms with Gasteiger partial charge < -0.3 is 15.4 Å². The monoisotopic (exact) mass is 282 g/mol. The number of ether oxygens (including phenoxy) is 1. The van der Waals surface area contributed by atoms with E-state index in [9.17, 15) is 0 Å². The standard InChI is InChI=1S/C13H22N4OS/c1-4-18-10-5-7-17(8-6-10)13-11(12(14)19)9(2)15-16(13)3/h10H,4-8H2,1-3H3,(H2,14,19). The van der Waals surface area contributed by atoms with Gasteiger partial charge in [0.15, 0.2) is 0 Å². The summed E-state index contributed by atoms with van der Waals surface area (Å²) in [6.07, 6.45) is 2.45. The summed E-state index contributed by atoms with van der Waals surface area (Å²) in [4.78, 5) is 2.73. The van der Waals surface area contributed by atoms with E-state index in [2.05, 4.69) is 10.00 Å². The summed E-state index contributed by atoms with van der Waals surface area (Å²) in [7, 11) is 1.94. The molecule has 1 aliphatic rings. The van der Waals surface area contributed by atoms with Crippen LogP contribution in [0.5, 0.6) is 0 Å². The molecule has 0 aliphatic carbocycles. The van der Waals surface area contributed by atoms with E-state index in [0.717, 1.165) is 49.6 Å². The van der Waals surface area contributed by atoms with Crippen LogP contribution >= 0.6 is 12.2 Å². The molecule has 0 spiro atoms. The van der Waals surface area contributed by atoms with Crippen molar-refractivity contribution in [3.8, 4) is 0 Å². The van der Waals surface area contributed by atoms with Crippen molar-refractivity contribution < 1.29 is 4.74 Å². The van der Waals surface area contributed by atoms with Gasteiger partial charge in [0.05, 0.1) is 17.4 Å². The lowest BCUT2D eigenvalue weighted by Crippen LogP contribution is -2.39. The first-order chi connectivity index (χ1) is 9.04. The molecular weight excluding hydrogens is 260 g/mol. The molecule has 106 valence electrons. The van der Waals surface area contributed by atoms with Crippen molar-refractivity contribution in [1.29, 1.82) is 0 Å². The maximum absolute atomic E-state index is 5.84. The number of aromatic nitrogens is 2. The van der Waals surface area contributed by atoms with Gasteiger partial charge in [0.1, 0.15) is 10.8 Å². The predicted molar refractivity (Wildman–Crippen MR) is 80.7 cm³/mol. The Morgan fingerprint density at radius 2 is 2.11 bits per heavy atom. The van der Waals surface area contributed by atoms with Crippen LogP contribution in [0.15, 0.2) is 0 Å². The summed E-state index contributed by atoms with van der Waals surface area (Å²) >= 11 is 5.16. The molecule has 0 bridgehead atoms. The molecule has 1 saturated heterocycles. The fourth-order valence-corrected chi connectivity index (χ4v) is 3.01. The molecule has 2 rings (SSSR count). The Labute approximate surface area is 119 Å². The molecule has 2 N–H and O–H groups in total. The van der Waals surface area contributed by atoms with Gasteiger partial charge in [-0.15, -0.1) is 0 Å². The van der Waals surface area contributed by atoms with Crippen molar-refractivity contribution in [2.24, 2.45) is 12.8 Å². The molecule has 1 aromatic rings. The molecular formula is C13H22N4OS. The minimum Gasteiger partial charge on any atom is -0.389 e. The lowest BCUT2D eigenvalue weighted by atomic mass is 10.1. The highest BCUT2D eigenvalue weighted by Crippen LogP contribution is 2.26. The number of hydrogen-bond acceptors (Lipinski definition) is 4. The smallest absolute Gasteiger partial charge is 0.137 e. The van der Waals surface area contributed by atoms with Gasteiger partial charge in [-0.2, -0.15) is 5.10 Å². The summed E-state index contributed by atoms with van der Waals surface area (Å²) in [5, 5.41) is 4.44. The van der Waals surface area contributed by atoms with Gasteiger partial charge in [-0.25, -0.2) is 0 Å². The van der Waals surface area contributed by atoms with Crippen molar-refractivity contribution in [3.05, 3.63) is 11.3 Å². The molecule has 0 radical (unpaired) electrons. The van der Waals surface area contributed by atoms with E-state index in [4.69, 9.17) is 22.7 Å². The highest BCUT2D eigenvalue weighted by Gasteiger charge is 2.25. The number of anilines is 1. The number of rotatable bonds is 4. The van der Waals surface area contributed by atoms with Crippen LogP contribution in [0.4, 0.5) is 5.82 Å². The predicted octanol–water partition coefficient (Wildman–Crippen LogP) is 1.37. The van der Waals surface area contributed by atoms with Gasteiger partial charge in [0.25, 0.3) is 0 Å². The largest absolute Gasteiger partial charge is 0.389 e. The maximum atomic E-state index is 5.84. The Kier molecular flexibility index (Phi) is 4.42. The molecule has 0 aromatic carbocycles. The van der Waals surface area contributed by atoms with Crippen LogP contribution in [0.2, 0.25) is 0 Å². The number of nitrogens with two attached hydrogens (primary N) is 1. The van der Waals surface area contributed by atoms with Gasteiger partial charge in [-0.3, -0.25) is 4.68 Å². The number of thiocarbonyl (C=S) groups is 1. The maximum Gasteiger partial charge on any atom is 0.137 e.